The zero-order valence-corrected chi connectivity index (χ0v) is 10.1. The number of hydrogen-bond acceptors (Lipinski definition) is 3. The molecule has 0 unspecified atom stereocenters. The predicted molar refractivity (Wildman–Crippen MR) is 63.5 cm³/mol. The molecule has 0 atom stereocenters. The van der Waals surface area contributed by atoms with Gasteiger partial charge in [-0.15, -0.1) is 0 Å². The molecule has 0 bridgehead atoms. The van der Waals surface area contributed by atoms with Crippen LogP contribution in [0.25, 0.3) is 11.3 Å². The molecule has 2 aromatic rings. The second-order valence-corrected chi connectivity index (χ2v) is 4.38. The number of halogens is 1. The Hall–Kier alpha value is -1.29. The van der Waals surface area contributed by atoms with Gasteiger partial charge in [0.1, 0.15) is 10.2 Å². The lowest BCUT2D eigenvalue weighted by Gasteiger charge is -2.01. The SMILES string of the molecule is Cc1cc(C)cc(-c2noc(N)c2Br)c1. The zero-order chi connectivity index (χ0) is 11.0. The van der Waals surface area contributed by atoms with E-state index in [-0.39, 0.29) is 0 Å². The van der Waals surface area contributed by atoms with Gasteiger partial charge in [-0.25, -0.2) is 0 Å². The third kappa shape index (κ3) is 1.90. The molecule has 0 amide bonds. The molecule has 1 aromatic heterocycles. The van der Waals surface area contributed by atoms with Crippen LogP contribution < -0.4 is 5.73 Å². The van der Waals surface area contributed by atoms with Crippen molar-refractivity contribution in [2.45, 2.75) is 13.8 Å². The Morgan fingerprint density at radius 1 is 1.20 bits per heavy atom. The fourth-order valence-electron chi connectivity index (χ4n) is 1.58. The maximum atomic E-state index is 5.58. The molecule has 2 N–H and O–H groups in total. The third-order valence-corrected chi connectivity index (χ3v) is 2.92. The minimum atomic E-state index is 0.309. The summed E-state index contributed by atoms with van der Waals surface area (Å²) in [5, 5.41) is 3.92. The summed E-state index contributed by atoms with van der Waals surface area (Å²) in [6.07, 6.45) is 0. The molecule has 0 radical (unpaired) electrons. The minimum Gasteiger partial charge on any atom is -0.367 e. The van der Waals surface area contributed by atoms with Crippen molar-refractivity contribution in [3.05, 3.63) is 33.8 Å². The Morgan fingerprint density at radius 2 is 1.80 bits per heavy atom. The van der Waals surface area contributed by atoms with Gasteiger partial charge in [-0.3, -0.25) is 0 Å². The van der Waals surface area contributed by atoms with Crippen molar-refractivity contribution in [3.63, 3.8) is 0 Å². The molecular formula is C11H11BrN2O. The normalized spacial score (nSPS) is 10.6. The van der Waals surface area contributed by atoms with Crippen LogP contribution in [0.2, 0.25) is 0 Å². The standard InChI is InChI=1S/C11H11BrN2O/c1-6-3-7(2)5-8(4-6)10-9(12)11(13)15-14-10/h3-5H,13H2,1-2H3. The summed E-state index contributed by atoms with van der Waals surface area (Å²) in [7, 11) is 0. The van der Waals surface area contributed by atoms with Gasteiger partial charge in [-0.05, 0) is 41.9 Å². The summed E-state index contributed by atoms with van der Waals surface area (Å²) in [5.74, 6) is 0.309. The van der Waals surface area contributed by atoms with Crippen LogP contribution >= 0.6 is 15.9 Å². The molecule has 0 saturated carbocycles. The number of nitrogen functional groups attached to an aromatic ring is 1. The Kier molecular flexibility index (Phi) is 2.52. The lowest BCUT2D eigenvalue weighted by atomic mass is 10.1. The Morgan fingerprint density at radius 3 is 2.27 bits per heavy atom. The molecule has 0 aliphatic rings. The van der Waals surface area contributed by atoms with Crippen molar-refractivity contribution >= 4 is 21.8 Å². The van der Waals surface area contributed by atoms with E-state index in [9.17, 15) is 0 Å². The van der Waals surface area contributed by atoms with Gasteiger partial charge < -0.3 is 10.3 Å². The van der Waals surface area contributed by atoms with E-state index in [1.165, 1.54) is 11.1 Å². The number of aromatic nitrogens is 1. The van der Waals surface area contributed by atoms with Crippen LogP contribution in [0, 0.1) is 13.8 Å². The first-order chi connectivity index (χ1) is 7.08. The van der Waals surface area contributed by atoms with Crippen LogP contribution in [0.15, 0.2) is 27.2 Å². The monoisotopic (exact) mass is 266 g/mol. The molecule has 0 aliphatic heterocycles. The van der Waals surface area contributed by atoms with Gasteiger partial charge >= 0.3 is 0 Å². The molecule has 2 rings (SSSR count). The van der Waals surface area contributed by atoms with Crippen LogP contribution in [-0.2, 0) is 0 Å². The molecule has 15 heavy (non-hydrogen) atoms. The third-order valence-electron chi connectivity index (χ3n) is 2.15. The Balaban J connectivity index is 2.58. The molecule has 0 fully saturated rings. The Labute approximate surface area is 96.4 Å². The molecule has 0 saturated heterocycles. The fourth-order valence-corrected chi connectivity index (χ4v) is 1.96. The van der Waals surface area contributed by atoms with Crippen LogP contribution in [0.5, 0.6) is 0 Å². The van der Waals surface area contributed by atoms with E-state index in [0.29, 0.717) is 10.4 Å². The number of anilines is 1. The Bertz CT molecular complexity index is 485. The number of nitrogens with two attached hydrogens (primary N) is 1. The molecular weight excluding hydrogens is 256 g/mol. The van der Waals surface area contributed by atoms with Crippen molar-refractivity contribution in [1.82, 2.24) is 5.16 Å². The van der Waals surface area contributed by atoms with E-state index in [2.05, 4.69) is 39.3 Å². The summed E-state index contributed by atoms with van der Waals surface area (Å²) in [6, 6.07) is 6.21. The molecule has 1 aromatic carbocycles. The molecule has 1 heterocycles. The maximum Gasteiger partial charge on any atom is 0.237 e. The highest BCUT2D eigenvalue weighted by molar-refractivity contribution is 9.10. The summed E-state index contributed by atoms with van der Waals surface area (Å²) in [5.41, 5.74) is 9.73. The largest absolute Gasteiger partial charge is 0.367 e. The quantitative estimate of drug-likeness (QED) is 0.862. The van der Waals surface area contributed by atoms with Crippen LogP contribution in [0.3, 0.4) is 0 Å². The summed E-state index contributed by atoms with van der Waals surface area (Å²) in [6.45, 7) is 4.10. The second kappa shape index (κ2) is 3.70. The molecule has 0 aliphatic carbocycles. The van der Waals surface area contributed by atoms with Gasteiger partial charge in [0.25, 0.3) is 0 Å². The molecule has 3 nitrogen and oxygen atoms in total. The predicted octanol–water partition coefficient (Wildman–Crippen LogP) is 3.30. The topological polar surface area (TPSA) is 52.0 Å². The van der Waals surface area contributed by atoms with Crippen LogP contribution in [0.1, 0.15) is 11.1 Å². The van der Waals surface area contributed by atoms with Gasteiger partial charge in [0.05, 0.1) is 0 Å². The van der Waals surface area contributed by atoms with E-state index >= 15 is 0 Å². The van der Waals surface area contributed by atoms with Gasteiger partial charge in [0.2, 0.25) is 5.88 Å². The average Bonchev–Trinajstić information content (AvgIpc) is 2.46. The highest BCUT2D eigenvalue weighted by atomic mass is 79.9. The number of benzene rings is 1. The number of hydrogen-bond donors (Lipinski definition) is 1. The second-order valence-electron chi connectivity index (χ2n) is 3.59. The lowest BCUT2D eigenvalue weighted by Crippen LogP contribution is -1.84. The first kappa shape index (κ1) is 10.2. The maximum absolute atomic E-state index is 5.58. The minimum absolute atomic E-state index is 0.309. The number of nitrogens with zero attached hydrogens (tertiary/aromatic N) is 1. The summed E-state index contributed by atoms with van der Waals surface area (Å²) < 4.78 is 5.63. The molecule has 4 heteroatoms. The van der Waals surface area contributed by atoms with Crippen molar-refractivity contribution in [1.29, 1.82) is 0 Å². The van der Waals surface area contributed by atoms with E-state index in [1.807, 2.05) is 13.8 Å². The average molecular weight is 267 g/mol. The van der Waals surface area contributed by atoms with Crippen molar-refractivity contribution in [3.8, 4) is 11.3 Å². The smallest absolute Gasteiger partial charge is 0.237 e. The van der Waals surface area contributed by atoms with Crippen LogP contribution in [0.4, 0.5) is 5.88 Å². The van der Waals surface area contributed by atoms with Crippen molar-refractivity contribution < 1.29 is 4.52 Å². The van der Waals surface area contributed by atoms with Gasteiger partial charge in [-0.1, -0.05) is 22.3 Å². The van der Waals surface area contributed by atoms with E-state index in [1.54, 1.807) is 0 Å². The van der Waals surface area contributed by atoms with Crippen LogP contribution in [-0.4, -0.2) is 5.16 Å². The van der Waals surface area contributed by atoms with Crippen molar-refractivity contribution in [2.75, 3.05) is 5.73 Å². The fraction of sp³-hybridized carbons (Fsp3) is 0.182. The molecule has 78 valence electrons. The van der Waals surface area contributed by atoms with Gasteiger partial charge in [-0.2, -0.15) is 0 Å². The highest BCUT2D eigenvalue weighted by Crippen LogP contribution is 2.32. The van der Waals surface area contributed by atoms with E-state index < -0.39 is 0 Å². The van der Waals surface area contributed by atoms with E-state index in [4.69, 9.17) is 10.3 Å². The first-order valence-corrected chi connectivity index (χ1v) is 5.36. The highest BCUT2D eigenvalue weighted by Gasteiger charge is 2.12. The first-order valence-electron chi connectivity index (χ1n) is 4.57. The summed E-state index contributed by atoms with van der Waals surface area (Å²) in [4.78, 5) is 0. The number of rotatable bonds is 1. The molecule has 0 spiro atoms. The van der Waals surface area contributed by atoms with Gasteiger partial charge in [0.15, 0.2) is 0 Å². The van der Waals surface area contributed by atoms with Crippen molar-refractivity contribution in [2.24, 2.45) is 0 Å². The summed E-state index contributed by atoms with van der Waals surface area (Å²) >= 11 is 3.35. The van der Waals surface area contributed by atoms with E-state index in [0.717, 1.165) is 11.3 Å². The lowest BCUT2D eigenvalue weighted by molar-refractivity contribution is 0.439. The zero-order valence-electron chi connectivity index (χ0n) is 8.54. The van der Waals surface area contributed by atoms with Gasteiger partial charge in [0, 0.05) is 5.56 Å². The number of aryl methyl sites for hydroxylation is 2.